The summed E-state index contributed by atoms with van der Waals surface area (Å²) in [6.45, 7) is 9.19. The molecule has 0 spiro atoms. The number of nitroso groups, excluding NO2 is 1. The Morgan fingerprint density at radius 3 is 2.41 bits per heavy atom. The number of aryl methyl sites for hydroxylation is 2. The minimum Gasteiger partial charge on any atom is -0.588 e. The van der Waals surface area contributed by atoms with Crippen molar-refractivity contribution in [3.8, 4) is 5.69 Å². The molecule has 2 N–H and O–H groups in total. The molecule has 0 saturated carbocycles. The first-order chi connectivity index (χ1) is 23.7. The lowest BCUT2D eigenvalue weighted by Crippen LogP contribution is -2.46. The maximum absolute atomic E-state index is 14.6. The monoisotopic (exact) mass is 684 g/mol. The lowest BCUT2D eigenvalue weighted by atomic mass is 9.93. The molecular weight excluding hydrogens is 641 g/mol. The molecule has 4 aromatic rings. The lowest BCUT2D eigenvalue weighted by molar-refractivity contribution is 0.0544. The highest BCUT2D eigenvalue weighted by Gasteiger charge is 2.32. The number of hydrogen-bond donors (Lipinski definition) is 2. The smallest absolute Gasteiger partial charge is 0.274 e. The van der Waals surface area contributed by atoms with Crippen LogP contribution in [0.2, 0.25) is 0 Å². The Morgan fingerprint density at radius 2 is 1.73 bits per heavy atom. The van der Waals surface area contributed by atoms with Gasteiger partial charge in [0.2, 0.25) is 0 Å². The van der Waals surface area contributed by atoms with Gasteiger partial charge in [0.15, 0.2) is 10.6 Å². The summed E-state index contributed by atoms with van der Waals surface area (Å²) in [4.78, 5) is 43.3. The molecule has 1 aromatic heterocycles. The van der Waals surface area contributed by atoms with E-state index in [0.717, 1.165) is 36.8 Å². The fourth-order valence-corrected chi connectivity index (χ4v) is 7.14. The minimum absolute atomic E-state index is 0.152. The van der Waals surface area contributed by atoms with E-state index in [-0.39, 0.29) is 29.7 Å². The van der Waals surface area contributed by atoms with Crippen LogP contribution in [0.15, 0.2) is 76.8 Å². The molecule has 2 atom stereocenters. The fraction of sp³-hybridized carbons (Fsp3) is 0.378. The number of aliphatic hydroxyl groups is 1. The van der Waals surface area contributed by atoms with E-state index in [1.54, 1.807) is 52.9 Å². The molecule has 0 aliphatic carbocycles. The molecule has 1 unspecified atom stereocenters. The van der Waals surface area contributed by atoms with Gasteiger partial charge in [-0.2, -0.15) is 5.10 Å². The number of unbranched alkanes of at least 4 members (excludes halogenated alkanes) is 2. The third-order valence-electron chi connectivity index (χ3n) is 8.93. The van der Waals surface area contributed by atoms with Crippen molar-refractivity contribution in [3.63, 3.8) is 0 Å². The van der Waals surface area contributed by atoms with Gasteiger partial charge in [-0.3, -0.25) is 9.59 Å². The Balaban J connectivity index is 1.55. The molecule has 5 rings (SSSR count). The highest BCUT2D eigenvalue weighted by atomic mass is 32.2. The standard InChI is InChI=1S/C37H44N6O5S/c1-5-7-17-41(18-8-6-2)37(46)33-19-26(4)43(38-33)34-16-15-30(40-49(48)35-22-29(39-47)14-13-25(35)3)21-32(34)36(45)42-23-28-12-10-9-11-27(28)20-31(42)24-44/h9-16,19,21-22,31,40,44H,5-8,17-18,20,23-24H2,1-4H3/t31-,49?/m0/s1. The third-order valence-corrected chi connectivity index (χ3v) is 10.2. The molecule has 2 amide bonds. The SMILES string of the molecule is CCCCN(CCCC)C(=O)c1cc(C)n(-c2ccc(N[S+]([O-])c3cc(N=O)ccc3C)cc2C(=O)N2Cc3ccccc3C[C@H]2CO)n1. The molecule has 258 valence electrons. The summed E-state index contributed by atoms with van der Waals surface area (Å²) in [5.74, 6) is -0.489. The van der Waals surface area contributed by atoms with Gasteiger partial charge in [0.25, 0.3) is 11.8 Å². The van der Waals surface area contributed by atoms with E-state index in [9.17, 15) is 24.2 Å². The number of rotatable bonds is 14. The number of anilines is 1. The van der Waals surface area contributed by atoms with Crippen LogP contribution in [0.5, 0.6) is 0 Å². The third kappa shape index (κ3) is 8.04. The molecule has 3 aromatic carbocycles. The summed E-state index contributed by atoms with van der Waals surface area (Å²) in [5.41, 5.74) is 5.03. The highest BCUT2D eigenvalue weighted by Crippen LogP contribution is 2.30. The van der Waals surface area contributed by atoms with Crippen molar-refractivity contribution in [3.05, 3.63) is 105 Å². The van der Waals surface area contributed by atoms with Crippen LogP contribution in [0.25, 0.3) is 5.69 Å². The first-order valence-corrected chi connectivity index (χ1v) is 17.9. The van der Waals surface area contributed by atoms with E-state index in [1.807, 2.05) is 36.1 Å². The Labute approximate surface area is 290 Å². The van der Waals surface area contributed by atoms with Crippen molar-refractivity contribution in [2.45, 2.75) is 77.3 Å². The predicted octanol–water partition coefficient (Wildman–Crippen LogP) is 6.62. The van der Waals surface area contributed by atoms with Crippen molar-refractivity contribution >= 4 is 34.6 Å². The maximum atomic E-state index is 14.6. The number of carbonyl (C=O) groups is 2. The van der Waals surface area contributed by atoms with E-state index < -0.39 is 17.4 Å². The van der Waals surface area contributed by atoms with Crippen LogP contribution >= 0.6 is 0 Å². The number of aliphatic hydroxyl groups excluding tert-OH is 1. The van der Waals surface area contributed by atoms with Gasteiger partial charge in [-0.15, -0.1) is 4.91 Å². The first kappa shape index (κ1) is 35.8. The van der Waals surface area contributed by atoms with Crippen LogP contribution in [0.1, 0.15) is 82.8 Å². The Hall–Kier alpha value is -4.52. The molecule has 0 fully saturated rings. The Bertz CT molecular complexity index is 1800. The van der Waals surface area contributed by atoms with Gasteiger partial charge < -0.3 is 19.5 Å². The number of benzene rings is 3. The molecule has 12 heteroatoms. The van der Waals surface area contributed by atoms with Gasteiger partial charge in [0.05, 0.1) is 29.6 Å². The summed E-state index contributed by atoms with van der Waals surface area (Å²) >= 11 is -1.78. The first-order valence-electron chi connectivity index (χ1n) is 16.8. The van der Waals surface area contributed by atoms with Gasteiger partial charge in [-0.25, -0.2) is 9.40 Å². The second-order valence-electron chi connectivity index (χ2n) is 12.5. The topological polar surface area (TPSA) is 143 Å². The van der Waals surface area contributed by atoms with Crippen molar-refractivity contribution in [2.24, 2.45) is 5.18 Å². The molecule has 2 heterocycles. The predicted molar refractivity (Wildman–Crippen MR) is 192 cm³/mol. The largest absolute Gasteiger partial charge is 0.588 e. The van der Waals surface area contributed by atoms with E-state index in [0.29, 0.717) is 59.3 Å². The van der Waals surface area contributed by atoms with Crippen LogP contribution in [0, 0.1) is 18.8 Å². The summed E-state index contributed by atoms with van der Waals surface area (Å²) in [6.07, 6.45) is 4.22. The zero-order valence-corrected chi connectivity index (χ0v) is 29.3. The van der Waals surface area contributed by atoms with E-state index in [2.05, 4.69) is 23.7 Å². The van der Waals surface area contributed by atoms with Gasteiger partial charge in [-0.05, 0) is 79.7 Å². The zero-order valence-electron chi connectivity index (χ0n) is 28.5. The van der Waals surface area contributed by atoms with Crippen molar-refractivity contribution < 1.29 is 19.2 Å². The van der Waals surface area contributed by atoms with E-state index >= 15 is 0 Å². The van der Waals surface area contributed by atoms with Gasteiger partial charge >= 0.3 is 0 Å². The van der Waals surface area contributed by atoms with Gasteiger partial charge in [0, 0.05) is 37.0 Å². The number of nitrogens with zero attached hydrogens (tertiary/aromatic N) is 5. The average Bonchev–Trinajstić information content (AvgIpc) is 3.51. The van der Waals surface area contributed by atoms with Crippen LogP contribution in [0.4, 0.5) is 11.4 Å². The molecule has 0 saturated heterocycles. The second kappa shape index (κ2) is 16.3. The quantitative estimate of drug-likeness (QED) is 0.112. The summed E-state index contributed by atoms with van der Waals surface area (Å²) in [5, 5.41) is 18.1. The normalized spacial score (nSPS) is 14.7. The molecule has 11 nitrogen and oxygen atoms in total. The van der Waals surface area contributed by atoms with E-state index in [4.69, 9.17) is 5.10 Å². The average molecular weight is 685 g/mol. The zero-order chi connectivity index (χ0) is 35.1. The summed E-state index contributed by atoms with van der Waals surface area (Å²) in [6, 6.07) is 18.9. The molecule has 0 bridgehead atoms. The highest BCUT2D eigenvalue weighted by molar-refractivity contribution is 7.92. The van der Waals surface area contributed by atoms with Gasteiger partial charge in [0.1, 0.15) is 17.0 Å². The Morgan fingerprint density at radius 1 is 1.02 bits per heavy atom. The van der Waals surface area contributed by atoms with Crippen LogP contribution < -0.4 is 4.72 Å². The van der Waals surface area contributed by atoms with Crippen molar-refractivity contribution in [1.29, 1.82) is 0 Å². The number of nitrogens with one attached hydrogen (secondary N) is 1. The van der Waals surface area contributed by atoms with E-state index in [1.165, 1.54) is 6.07 Å². The minimum atomic E-state index is -1.78. The number of hydrogen-bond acceptors (Lipinski definition) is 8. The summed E-state index contributed by atoms with van der Waals surface area (Å²) < 4.78 is 18.1. The maximum Gasteiger partial charge on any atom is 0.274 e. The fourth-order valence-electron chi connectivity index (χ4n) is 6.10. The van der Waals surface area contributed by atoms with Gasteiger partial charge in [-0.1, -0.05) is 57.0 Å². The Kier molecular flexibility index (Phi) is 11.9. The van der Waals surface area contributed by atoms with Crippen LogP contribution in [-0.2, 0) is 24.3 Å². The lowest BCUT2D eigenvalue weighted by Gasteiger charge is -2.36. The van der Waals surface area contributed by atoms with Crippen LogP contribution in [0.3, 0.4) is 0 Å². The van der Waals surface area contributed by atoms with Crippen LogP contribution in [-0.4, -0.2) is 66.8 Å². The second-order valence-corrected chi connectivity index (χ2v) is 13.6. The molecule has 0 radical (unpaired) electrons. The number of fused-ring (bicyclic) bond motifs is 1. The number of carbonyl (C=O) groups excluding carboxylic acids is 2. The van der Waals surface area contributed by atoms with Crippen molar-refractivity contribution in [2.75, 3.05) is 24.4 Å². The molecule has 1 aliphatic rings. The molecular formula is C37H44N6O5S. The van der Waals surface area contributed by atoms with Crippen molar-refractivity contribution in [1.82, 2.24) is 19.6 Å². The summed E-state index contributed by atoms with van der Waals surface area (Å²) in [7, 11) is 0. The molecule has 1 aliphatic heterocycles. The molecule has 49 heavy (non-hydrogen) atoms. The number of amides is 2. The number of aromatic nitrogens is 2.